The van der Waals surface area contributed by atoms with Crippen LogP contribution in [0.2, 0.25) is 5.02 Å². The van der Waals surface area contributed by atoms with Crippen molar-refractivity contribution in [2.75, 3.05) is 18.4 Å². The number of amides is 1. The zero-order valence-corrected chi connectivity index (χ0v) is 17.5. The molecule has 0 bridgehead atoms. The molecule has 2 aromatic carbocycles. The summed E-state index contributed by atoms with van der Waals surface area (Å²) in [6.45, 7) is 5.85. The van der Waals surface area contributed by atoms with Crippen molar-refractivity contribution in [2.45, 2.75) is 32.6 Å². The fourth-order valence-electron chi connectivity index (χ4n) is 3.85. The van der Waals surface area contributed by atoms with Crippen LogP contribution >= 0.6 is 11.6 Å². The highest BCUT2D eigenvalue weighted by molar-refractivity contribution is 6.31. The van der Waals surface area contributed by atoms with Gasteiger partial charge in [-0.1, -0.05) is 35.4 Å². The Kier molecular flexibility index (Phi) is 5.69. The lowest BCUT2D eigenvalue weighted by atomic mass is 9.91. The summed E-state index contributed by atoms with van der Waals surface area (Å²) in [4.78, 5) is 13.2. The molecule has 1 amide bonds. The van der Waals surface area contributed by atoms with Crippen molar-refractivity contribution in [1.29, 1.82) is 0 Å². The van der Waals surface area contributed by atoms with Gasteiger partial charge in [0.1, 0.15) is 0 Å². The van der Waals surface area contributed by atoms with E-state index in [4.69, 9.17) is 11.6 Å². The standard InChI is InChI=1S/C23H25ClN4O/c1-15-6-8-18(9-7-15)28-22(17-10-12-25-13-11-17)19(14-26-28)23(29)27-21-5-3-4-20(24)16(21)2/h3-9,14,17,25H,10-13H2,1-2H3,(H,27,29). The molecule has 3 aromatic rings. The van der Waals surface area contributed by atoms with E-state index in [9.17, 15) is 4.79 Å². The van der Waals surface area contributed by atoms with E-state index < -0.39 is 0 Å². The van der Waals surface area contributed by atoms with E-state index in [1.807, 2.05) is 29.8 Å². The second kappa shape index (κ2) is 8.39. The first-order valence-corrected chi connectivity index (χ1v) is 10.3. The lowest BCUT2D eigenvalue weighted by Gasteiger charge is -2.25. The van der Waals surface area contributed by atoms with Gasteiger partial charge in [-0.2, -0.15) is 5.10 Å². The third kappa shape index (κ3) is 4.07. The molecule has 6 heteroatoms. The van der Waals surface area contributed by atoms with Crippen LogP contribution < -0.4 is 10.6 Å². The number of piperidine rings is 1. The zero-order chi connectivity index (χ0) is 20.4. The van der Waals surface area contributed by atoms with Crippen LogP contribution in [-0.2, 0) is 0 Å². The summed E-state index contributed by atoms with van der Waals surface area (Å²) in [5, 5.41) is 11.7. The number of carbonyl (C=O) groups excluding carboxylic acids is 1. The van der Waals surface area contributed by atoms with Gasteiger partial charge in [0.15, 0.2) is 0 Å². The molecular weight excluding hydrogens is 384 g/mol. The number of rotatable bonds is 4. The van der Waals surface area contributed by atoms with Crippen molar-refractivity contribution in [3.63, 3.8) is 0 Å². The molecule has 2 N–H and O–H groups in total. The molecule has 150 valence electrons. The van der Waals surface area contributed by atoms with Crippen molar-refractivity contribution in [1.82, 2.24) is 15.1 Å². The maximum atomic E-state index is 13.2. The van der Waals surface area contributed by atoms with Gasteiger partial charge in [0, 0.05) is 16.6 Å². The smallest absolute Gasteiger partial charge is 0.259 e. The van der Waals surface area contributed by atoms with Crippen LogP contribution in [0.5, 0.6) is 0 Å². The molecule has 1 aromatic heterocycles. The van der Waals surface area contributed by atoms with Crippen LogP contribution in [-0.4, -0.2) is 28.8 Å². The molecule has 0 unspecified atom stereocenters. The topological polar surface area (TPSA) is 59.0 Å². The first-order chi connectivity index (χ1) is 14.0. The number of halogens is 1. The van der Waals surface area contributed by atoms with Crippen LogP contribution in [0.1, 0.15) is 45.9 Å². The molecule has 0 radical (unpaired) electrons. The number of anilines is 1. The fraction of sp³-hybridized carbons (Fsp3) is 0.304. The minimum Gasteiger partial charge on any atom is -0.322 e. The molecule has 29 heavy (non-hydrogen) atoms. The molecule has 0 saturated carbocycles. The van der Waals surface area contributed by atoms with E-state index in [1.54, 1.807) is 6.20 Å². The van der Waals surface area contributed by atoms with Crippen LogP contribution in [0.15, 0.2) is 48.7 Å². The van der Waals surface area contributed by atoms with E-state index in [1.165, 1.54) is 5.56 Å². The van der Waals surface area contributed by atoms with Gasteiger partial charge in [-0.25, -0.2) is 4.68 Å². The minimum absolute atomic E-state index is 0.151. The normalized spacial score (nSPS) is 14.7. The number of nitrogens with one attached hydrogen (secondary N) is 2. The lowest BCUT2D eigenvalue weighted by Crippen LogP contribution is -2.29. The van der Waals surface area contributed by atoms with Crippen LogP contribution in [0, 0.1) is 13.8 Å². The lowest BCUT2D eigenvalue weighted by molar-refractivity contribution is 0.102. The Morgan fingerprint density at radius 1 is 1.14 bits per heavy atom. The van der Waals surface area contributed by atoms with Gasteiger partial charge in [-0.3, -0.25) is 4.79 Å². The van der Waals surface area contributed by atoms with Gasteiger partial charge in [0.2, 0.25) is 0 Å². The summed E-state index contributed by atoms with van der Waals surface area (Å²) in [5.74, 6) is 0.128. The summed E-state index contributed by atoms with van der Waals surface area (Å²) < 4.78 is 1.93. The predicted octanol–water partition coefficient (Wildman–Crippen LogP) is 4.86. The number of carbonyl (C=O) groups is 1. The first-order valence-electron chi connectivity index (χ1n) is 9.96. The molecule has 1 saturated heterocycles. The Labute approximate surface area is 176 Å². The molecule has 1 aliphatic rings. The van der Waals surface area contributed by atoms with Gasteiger partial charge >= 0.3 is 0 Å². The molecule has 2 heterocycles. The summed E-state index contributed by atoms with van der Waals surface area (Å²) in [7, 11) is 0. The van der Waals surface area contributed by atoms with Crippen molar-refractivity contribution >= 4 is 23.2 Å². The monoisotopic (exact) mass is 408 g/mol. The van der Waals surface area contributed by atoms with Gasteiger partial charge in [-0.15, -0.1) is 0 Å². The molecule has 0 atom stereocenters. The fourth-order valence-corrected chi connectivity index (χ4v) is 4.02. The first kappa shape index (κ1) is 19.7. The number of nitrogens with zero attached hydrogens (tertiary/aromatic N) is 2. The summed E-state index contributed by atoms with van der Waals surface area (Å²) >= 11 is 6.22. The Hall–Kier alpha value is -2.63. The van der Waals surface area contributed by atoms with Gasteiger partial charge in [-0.05, 0) is 69.6 Å². The Morgan fingerprint density at radius 2 is 1.86 bits per heavy atom. The highest BCUT2D eigenvalue weighted by Crippen LogP contribution is 2.31. The minimum atomic E-state index is -0.151. The van der Waals surface area contributed by atoms with Crippen LogP contribution in [0.25, 0.3) is 5.69 Å². The highest BCUT2D eigenvalue weighted by Gasteiger charge is 2.27. The maximum absolute atomic E-state index is 13.2. The quantitative estimate of drug-likeness (QED) is 0.648. The second-order valence-electron chi connectivity index (χ2n) is 7.58. The average Bonchev–Trinajstić information content (AvgIpc) is 3.18. The molecule has 1 aliphatic heterocycles. The molecule has 0 aliphatic carbocycles. The molecule has 5 nitrogen and oxygen atoms in total. The van der Waals surface area contributed by atoms with Gasteiger partial charge < -0.3 is 10.6 Å². The number of aromatic nitrogens is 2. The van der Waals surface area contributed by atoms with Gasteiger partial charge in [0.05, 0.1) is 23.1 Å². The van der Waals surface area contributed by atoms with Crippen LogP contribution in [0.4, 0.5) is 5.69 Å². The van der Waals surface area contributed by atoms with Crippen molar-refractivity contribution < 1.29 is 4.79 Å². The number of hydrogen-bond acceptors (Lipinski definition) is 3. The Bertz CT molecular complexity index is 1020. The van der Waals surface area contributed by atoms with E-state index in [0.29, 0.717) is 10.6 Å². The Balaban J connectivity index is 1.73. The van der Waals surface area contributed by atoms with E-state index in [-0.39, 0.29) is 11.8 Å². The largest absolute Gasteiger partial charge is 0.322 e. The molecular formula is C23H25ClN4O. The Morgan fingerprint density at radius 3 is 2.59 bits per heavy atom. The summed E-state index contributed by atoms with van der Waals surface area (Å²) in [5.41, 5.74) is 5.35. The van der Waals surface area contributed by atoms with E-state index >= 15 is 0 Å². The zero-order valence-electron chi connectivity index (χ0n) is 16.7. The van der Waals surface area contributed by atoms with Crippen molar-refractivity contribution in [3.8, 4) is 5.69 Å². The maximum Gasteiger partial charge on any atom is 0.259 e. The number of aryl methyl sites for hydroxylation is 1. The molecule has 1 fully saturated rings. The summed E-state index contributed by atoms with van der Waals surface area (Å²) in [6, 6.07) is 13.8. The van der Waals surface area contributed by atoms with Gasteiger partial charge in [0.25, 0.3) is 5.91 Å². The van der Waals surface area contributed by atoms with Crippen molar-refractivity contribution in [3.05, 3.63) is 76.1 Å². The molecule has 0 spiro atoms. The summed E-state index contributed by atoms with van der Waals surface area (Å²) in [6.07, 6.45) is 3.65. The van der Waals surface area contributed by atoms with Crippen molar-refractivity contribution in [2.24, 2.45) is 0 Å². The molecule has 4 rings (SSSR count). The van der Waals surface area contributed by atoms with E-state index in [0.717, 1.165) is 48.6 Å². The SMILES string of the molecule is Cc1ccc(-n2ncc(C(=O)Nc3cccc(Cl)c3C)c2C2CCNCC2)cc1. The number of benzene rings is 2. The third-order valence-corrected chi connectivity index (χ3v) is 5.98. The van der Waals surface area contributed by atoms with Crippen LogP contribution in [0.3, 0.4) is 0 Å². The predicted molar refractivity (Wildman–Crippen MR) is 117 cm³/mol. The third-order valence-electron chi connectivity index (χ3n) is 5.57. The highest BCUT2D eigenvalue weighted by atomic mass is 35.5. The average molecular weight is 409 g/mol. The number of hydrogen-bond donors (Lipinski definition) is 2. The van der Waals surface area contributed by atoms with E-state index in [2.05, 4.69) is 46.9 Å². The second-order valence-corrected chi connectivity index (χ2v) is 7.99.